The first-order valence-electron chi connectivity index (χ1n) is 8.97. The van der Waals surface area contributed by atoms with Crippen molar-refractivity contribution in [2.45, 2.75) is 18.7 Å². The minimum absolute atomic E-state index is 0.337. The van der Waals surface area contributed by atoms with Gasteiger partial charge in [0.25, 0.3) is 5.56 Å². The number of benzene rings is 2. The number of nitrogens with one attached hydrogen (secondary N) is 2. The molecule has 10 heteroatoms. The number of hydrogen-bond donors (Lipinski definition) is 3. The van der Waals surface area contributed by atoms with Crippen LogP contribution in [0, 0.1) is 24.5 Å². The fourth-order valence-electron chi connectivity index (χ4n) is 2.79. The number of carbonyl (C=O) groups is 1. The van der Waals surface area contributed by atoms with Gasteiger partial charge in [-0.15, -0.1) is 0 Å². The van der Waals surface area contributed by atoms with E-state index in [1.165, 1.54) is 0 Å². The van der Waals surface area contributed by atoms with Gasteiger partial charge >= 0.3 is 11.7 Å². The lowest BCUT2D eigenvalue weighted by molar-refractivity contribution is 0.259. The Labute approximate surface area is 180 Å². The van der Waals surface area contributed by atoms with Crippen molar-refractivity contribution >= 4 is 29.7 Å². The summed E-state index contributed by atoms with van der Waals surface area (Å²) >= 11 is 0.985. The molecule has 156 valence electrons. The van der Waals surface area contributed by atoms with Gasteiger partial charge in [0.2, 0.25) is 5.88 Å². The van der Waals surface area contributed by atoms with E-state index in [-0.39, 0.29) is 5.56 Å². The summed E-state index contributed by atoms with van der Waals surface area (Å²) in [5.74, 6) is -0.628. The Morgan fingerprint density at radius 2 is 1.94 bits per heavy atom. The van der Waals surface area contributed by atoms with E-state index in [0.29, 0.717) is 16.3 Å². The van der Waals surface area contributed by atoms with Gasteiger partial charge in [-0.3, -0.25) is 9.78 Å². The van der Waals surface area contributed by atoms with Crippen LogP contribution in [0.15, 0.2) is 61.9 Å². The normalized spacial score (nSPS) is 10.7. The van der Waals surface area contributed by atoms with Crippen molar-refractivity contribution in [1.29, 1.82) is 5.26 Å². The number of carbonyl (C=O) groups excluding carboxylic acids is 1. The van der Waals surface area contributed by atoms with Crippen molar-refractivity contribution in [1.82, 2.24) is 9.55 Å². The third-order valence-corrected chi connectivity index (χ3v) is 5.12. The summed E-state index contributed by atoms with van der Waals surface area (Å²) in [4.78, 5) is 43.1. The van der Waals surface area contributed by atoms with Gasteiger partial charge in [0, 0.05) is 10.6 Å². The minimum Gasteiger partial charge on any atom is -0.493 e. The number of urea groups is 1. The molecule has 0 fully saturated rings. The van der Waals surface area contributed by atoms with Crippen LogP contribution in [0.1, 0.15) is 16.7 Å². The topological polar surface area (TPSA) is 140 Å². The molecular formula is C21H17N5O4S. The van der Waals surface area contributed by atoms with Crippen LogP contribution in [-0.2, 0) is 0 Å². The van der Waals surface area contributed by atoms with E-state index in [9.17, 15) is 19.5 Å². The molecule has 0 aliphatic heterocycles. The highest BCUT2D eigenvalue weighted by Crippen LogP contribution is 2.21. The van der Waals surface area contributed by atoms with E-state index in [1.54, 1.807) is 43.3 Å². The van der Waals surface area contributed by atoms with Crippen LogP contribution in [0.2, 0.25) is 0 Å². The number of aromatic amines is 1. The Morgan fingerprint density at radius 1 is 1.23 bits per heavy atom. The fourth-order valence-corrected chi connectivity index (χ4v) is 3.17. The number of aryl methyl sites for hydroxylation is 1. The smallest absolute Gasteiger partial charge is 0.345 e. The van der Waals surface area contributed by atoms with E-state index in [4.69, 9.17) is 5.26 Å². The van der Waals surface area contributed by atoms with Crippen molar-refractivity contribution in [2.24, 2.45) is 4.99 Å². The average Bonchev–Trinajstić information content (AvgIpc) is 2.72. The predicted octanol–water partition coefficient (Wildman–Crippen LogP) is 3.07. The minimum atomic E-state index is -0.876. The summed E-state index contributed by atoms with van der Waals surface area (Å²) in [7, 11) is 0. The third-order valence-electron chi connectivity index (χ3n) is 4.52. The molecule has 1 heterocycles. The Bertz CT molecular complexity index is 1330. The van der Waals surface area contributed by atoms with Gasteiger partial charge in [-0.05, 0) is 67.1 Å². The Morgan fingerprint density at radius 3 is 2.61 bits per heavy atom. The molecule has 0 saturated heterocycles. The van der Waals surface area contributed by atoms with E-state index in [0.717, 1.165) is 33.7 Å². The number of aliphatic imine (C=N–C) groups is 1. The van der Waals surface area contributed by atoms with Crippen LogP contribution in [0.4, 0.5) is 10.5 Å². The highest BCUT2D eigenvalue weighted by atomic mass is 32.2. The molecule has 0 atom stereocenters. The van der Waals surface area contributed by atoms with Crippen LogP contribution in [-0.4, -0.2) is 26.9 Å². The van der Waals surface area contributed by atoms with Crippen LogP contribution in [0.5, 0.6) is 5.88 Å². The molecule has 1 aromatic heterocycles. The van der Waals surface area contributed by atoms with Crippen LogP contribution >= 0.6 is 11.8 Å². The van der Waals surface area contributed by atoms with Crippen LogP contribution in [0.3, 0.4) is 0 Å². The van der Waals surface area contributed by atoms with Gasteiger partial charge in [0.15, 0.2) is 0 Å². The number of amides is 2. The Balaban J connectivity index is 1.91. The zero-order valence-corrected chi connectivity index (χ0v) is 17.4. The second kappa shape index (κ2) is 9.15. The number of thiocyanates is 1. The van der Waals surface area contributed by atoms with Crippen molar-refractivity contribution in [2.75, 3.05) is 5.32 Å². The van der Waals surface area contributed by atoms with Crippen molar-refractivity contribution < 1.29 is 9.90 Å². The summed E-state index contributed by atoms with van der Waals surface area (Å²) < 4.78 is 0.953. The van der Waals surface area contributed by atoms with Gasteiger partial charge in [-0.1, -0.05) is 12.1 Å². The maximum absolute atomic E-state index is 12.3. The highest BCUT2D eigenvalue weighted by molar-refractivity contribution is 8.03. The molecule has 3 rings (SSSR count). The number of hydrogen-bond acceptors (Lipinski definition) is 6. The van der Waals surface area contributed by atoms with Gasteiger partial charge in [0.1, 0.15) is 11.0 Å². The molecule has 0 spiro atoms. The highest BCUT2D eigenvalue weighted by Gasteiger charge is 2.16. The lowest BCUT2D eigenvalue weighted by Gasteiger charge is -2.13. The van der Waals surface area contributed by atoms with Crippen molar-refractivity contribution in [3.05, 3.63) is 80.0 Å². The van der Waals surface area contributed by atoms with Gasteiger partial charge in [0.05, 0.1) is 11.9 Å². The van der Waals surface area contributed by atoms with Crippen LogP contribution in [0.25, 0.3) is 5.69 Å². The SMILES string of the molecule is Cc1cccc(-n2c(O)c(/C=N/C(=O)Nc3ccc(SC#N)cc3)c(=O)[nH]c2=O)c1C. The number of nitriles is 1. The molecule has 31 heavy (non-hydrogen) atoms. The van der Waals surface area contributed by atoms with Crippen LogP contribution < -0.4 is 16.6 Å². The summed E-state index contributed by atoms with van der Waals surface area (Å²) in [5, 5.41) is 23.7. The monoisotopic (exact) mass is 435 g/mol. The summed E-state index contributed by atoms with van der Waals surface area (Å²) in [6.07, 6.45) is 0.893. The molecule has 0 aliphatic carbocycles. The predicted molar refractivity (Wildman–Crippen MR) is 118 cm³/mol. The standard InChI is InChI=1S/C21H17N5O4S/c1-12-4-3-5-17(13(12)2)26-19(28)16(18(27)25-21(26)30)10-23-20(29)24-14-6-8-15(9-7-14)31-11-22/h3-10,28H,1-2H3,(H,24,29)(H,25,27,30)/b23-10+. The number of nitrogens with zero attached hydrogens (tertiary/aromatic N) is 3. The number of H-pyrrole nitrogens is 1. The summed E-state index contributed by atoms with van der Waals surface area (Å²) in [6, 6.07) is 10.9. The number of aromatic hydroxyl groups is 1. The molecule has 2 aromatic carbocycles. The molecule has 3 aromatic rings. The molecule has 0 radical (unpaired) electrons. The largest absolute Gasteiger partial charge is 0.493 e. The Kier molecular flexibility index (Phi) is 6.37. The molecule has 3 N–H and O–H groups in total. The van der Waals surface area contributed by atoms with E-state index >= 15 is 0 Å². The number of aromatic nitrogens is 2. The fraction of sp³-hybridized carbons (Fsp3) is 0.0952. The van der Waals surface area contributed by atoms with Crippen molar-refractivity contribution in [3.63, 3.8) is 0 Å². The van der Waals surface area contributed by atoms with Crippen molar-refractivity contribution in [3.8, 4) is 17.0 Å². The van der Waals surface area contributed by atoms with Gasteiger partial charge in [-0.2, -0.15) is 5.26 Å². The van der Waals surface area contributed by atoms with Gasteiger partial charge in [-0.25, -0.2) is 19.1 Å². The van der Waals surface area contributed by atoms with E-state index < -0.39 is 23.2 Å². The third kappa shape index (κ3) is 4.73. The lowest BCUT2D eigenvalue weighted by atomic mass is 10.1. The maximum atomic E-state index is 12.3. The average molecular weight is 435 g/mol. The molecule has 9 nitrogen and oxygen atoms in total. The summed E-state index contributed by atoms with van der Waals surface area (Å²) in [6.45, 7) is 3.63. The second-order valence-electron chi connectivity index (χ2n) is 6.46. The summed E-state index contributed by atoms with van der Waals surface area (Å²) in [5.41, 5.74) is 0.438. The molecular weight excluding hydrogens is 418 g/mol. The molecule has 0 bridgehead atoms. The zero-order valence-electron chi connectivity index (χ0n) is 16.5. The molecule has 0 unspecified atom stereocenters. The molecule has 0 aliphatic rings. The number of thioether (sulfide) groups is 1. The van der Waals surface area contributed by atoms with E-state index in [2.05, 4.69) is 15.3 Å². The number of anilines is 1. The molecule has 0 saturated carbocycles. The first kappa shape index (κ1) is 21.6. The second-order valence-corrected chi connectivity index (χ2v) is 7.32. The maximum Gasteiger partial charge on any atom is 0.345 e. The number of rotatable bonds is 4. The quantitative estimate of drug-likeness (QED) is 0.327. The van der Waals surface area contributed by atoms with Gasteiger partial charge < -0.3 is 10.4 Å². The molecule has 2 amide bonds. The first-order valence-corrected chi connectivity index (χ1v) is 9.79. The zero-order chi connectivity index (χ0) is 22.5. The first-order chi connectivity index (χ1) is 14.8. The lowest BCUT2D eigenvalue weighted by Crippen LogP contribution is -2.31. The van der Waals surface area contributed by atoms with E-state index in [1.807, 2.05) is 18.4 Å². The Hall–Kier alpha value is -4.10.